The van der Waals surface area contributed by atoms with Crippen molar-refractivity contribution in [1.29, 1.82) is 0 Å². The van der Waals surface area contributed by atoms with E-state index in [0.29, 0.717) is 17.9 Å². The number of rotatable bonds is 5. The van der Waals surface area contributed by atoms with Crippen LogP contribution in [0.2, 0.25) is 0 Å². The van der Waals surface area contributed by atoms with Crippen molar-refractivity contribution in [3.8, 4) is 11.5 Å². The molecular formula is C15H16N2O3. The fourth-order valence-electron chi connectivity index (χ4n) is 1.77. The summed E-state index contributed by atoms with van der Waals surface area (Å²) >= 11 is 0. The first-order valence-corrected chi connectivity index (χ1v) is 6.07. The predicted molar refractivity (Wildman–Crippen MR) is 76.3 cm³/mol. The number of benzene rings is 2. The van der Waals surface area contributed by atoms with Crippen LogP contribution in [0.5, 0.6) is 11.5 Å². The molecule has 104 valence electrons. The molecule has 0 atom stereocenters. The summed E-state index contributed by atoms with van der Waals surface area (Å²) in [5, 5.41) is 11.7. The first-order valence-electron chi connectivity index (χ1n) is 6.07. The van der Waals surface area contributed by atoms with Gasteiger partial charge in [-0.1, -0.05) is 29.4 Å². The number of amidine groups is 1. The Hall–Kier alpha value is -2.69. The molecule has 0 unspecified atom stereocenters. The van der Waals surface area contributed by atoms with Gasteiger partial charge in [0.05, 0.1) is 12.7 Å². The maximum Gasteiger partial charge on any atom is 0.173 e. The lowest BCUT2D eigenvalue weighted by Crippen LogP contribution is -2.14. The van der Waals surface area contributed by atoms with Crippen molar-refractivity contribution in [2.24, 2.45) is 10.9 Å². The van der Waals surface area contributed by atoms with Gasteiger partial charge in [-0.25, -0.2) is 0 Å². The van der Waals surface area contributed by atoms with Crippen LogP contribution in [0.25, 0.3) is 0 Å². The first-order chi connectivity index (χ1) is 9.74. The second-order valence-electron chi connectivity index (χ2n) is 4.12. The number of nitrogens with two attached hydrogens (primary N) is 1. The third-order valence-electron chi connectivity index (χ3n) is 2.80. The Kier molecular flexibility index (Phi) is 4.44. The standard InChI is InChI=1S/C15H16N2O3/c1-19-14-9-11(7-8-13(14)15(16)17-18)10-20-12-5-3-2-4-6-12/h2-9,18H,10H2,1H3,(H2,16,17). The van der Waals surface area contributed by atoms with Crippen LogP contribution >= 0.6 is 0 Å². The highest BCUT2D eigenvalue weighted by Crippen LogP contribution is 2.21. The van der Waals surface area contributed by atoms with Gasteiger partial charge in [0.15, 0.2) is 5.84 Å². The second kappa shape index (κ2) is 6.47. The average Bonchev–Trinajstić information content (AvgIpc) is 2.52. The lowest BCUT2D eigenvalue weighted by Gasteiger charge is -2.10. The largest absolute Gasteiger partial charge is 0.496 e. The molecule has 0 aliphatic heterocycles. The van der Waals surface area contributed by atoms with Gasteiger partial charge in [-0.15, -0.1) is 0 Å². The zero-order valence-corrected chi connectivity index (χ0v) is 11.1. The third-order valence-corrected chi connectivity index (χ3v) is 2.80. The molecule has 0 heterocycles. The van der Waals surface area contributed by atoms with E-state index in [4.69, 9.17) is 20.4 Å². The summed E-state index contributed by atoms with van der Waals surface area (Å²) < 4.78 is 10.9. The maximum absolute atomic E-state index is 8.71. The number of nitrogens with zero attached hydrogens (tertiary/aromatic N) is 1. The van der Waals surface area contributed by atoms with Crippen LogP contribution in [0.1, 0.15) is 11.1 Å². The van der Waals surface area contributed by atoms with Crippen molar-refractivity contribution >= 4 is 5.84 Å². The molecule has 5 heteroatoms. The number of oxime groups is 1. The SMILES string of the molecule is COc1cc(COc2ccccc2)ccc1/C(N)=N/O. The summed E-state index contributed by atoms with van der Waals surface area (Å²) in [6, 6.07) is 14.9. The van der Waals surface area contributed by atoms with Gasteiger partial charge in [0.25, 0.3) is 0 Å². The highest BCUT2D eigenvalue weighted by molar-refractivity contribution is 5.99. The molecule has 0 radical (unpaired) electrons. The van der Waals surface area contributed by atoms with Crippen molar-refractivity contribution < 1.29 is 14.7 Å². The van der Waals surface area contributed by atoms with Crippen LogP contribution in [0, 0.1) is 0 Å². The van der Waals surface area contributed by atoms with E-state index in [0.717, 1.165) is 11.3 Å². The van der Waals surface area contributed by atoms with Gasteiger partial charge in [-0.2, -0.15) is 0 Å². The van der Waals surface area contributed by atoms with E-state index < -0.39 is 0 Å². The lowest BCUT2D eigenvalue weighted by molar-refractivity contribution is 0.305. The fraction of sp³-hybridized carbons (Fsp3) is 0.133. The Balaban J connectivity index is 2.14. The second-order valence-corrected chi connectivity index (χ2v) is 4.12. The van der Waals surface area contributed by atoms with E-state index in [1.807, 2.05) is 36.4 Å². The molecule has 0 saturated carbocycles. The summed E-state index contributed by atoms with van der Waals surface area (Å²) in [5.41, 5.74) is 7.05. The Bertz CT molecular complexity index is 597. The monoisotopic (exact) mass is 272 g/mol. The molecular weight excluding hydrogens is 256 g/mol. The Morgan fingerprint density at radius 2 is 1.95 bits per heavy atom. The van der Waals surface area contributed by atoms with E-state index in [-0.39, 0.29) is 5.84 Å². The average molecular weight is 272 g/mol. The highest BCUT2D eigenvalue weighted by atomic mass is 16.5. The summed E-state index contributed by atoms with van der Waals surface area (Å²) in [6.07, 6.45) is 0. The highest BCUT2D eigenvalue weighted by Gasteiger charge is 2.09. The minimum absolute atomic E-state index is 0.0115. The van der Waals surface area contributed by atoms with Crippen LogP contribution in [-0.4, -0.2) is 18.2 Å². The van der Waals surface area contributed by atoms with Crippen molar-refractivity contribution in [1.82, 2.24) is 0 Å². The molecule has 0 aromatic heterocycles. The zero-order valence-electron chi connectivity index (χ0n) is 11.1. The Morgan fingerprint density at radius 1 is 1.20 bits per heavy atom. The number of hydrogen-bond acceptors (Lipinski definition) is 4. The Morgan fingerprint density at radius 3 is 2.60 bits per heavy atom. The molecule has 0 saturated heterocycles. The molecule has 0 aliphatic rings. The summed E-state index contributed by atoms with van der Waals surface area (Å²) in [4.78, 5) is 0. The molecule has 2 aromatic carbocycles. The Labute approximate surface area is 117 Å². The lowest BCUT2D eigenvalue weighted by atomic mass is 10.1. The summed E-state index contributed by atoms with van der Waals surface area (Å²) in [5.74, 6) is 1.35. The van der Waals surface area contributed by atoms with Crippen molar-refractivity contribution in [3.05, 3.63) is 59.7 Å². The molecule has 0 fully saturated rings. The molecule has 0 amide bonds. The first kappa shape index (κ1) is 13.7. The molecule has 0 spiro atoms. The van der Waals surface area contributed by atoms with Crippen molar-refractivity contribution in [3.63, 3.8) is 0 Å². The van der Waals surface area contributed by atoms with Crippen LogP contribution < -0.4 is 15.2 Å². The zero-order chi connectivity index (χ0) is 14.4. The van der Waals surface area contributed by atoms with E-state index in [1.54, 1.807) is 12.1 Å². The van der Waals surface area contributed by atoms with E-state index in [1.165, 1.54) is 7.11 Å². The van der Waals surface area contributed by atoms with Crippen molar-refractivity contribution in [2.45, 2.75) is 6.61 Å². The smallest absolute Gasteiger partial charge is 0.173 e. The van der Waals surface area contributed by atoms with Crippen LogP contribution in [0.15, 0.2) is 53.7 Å². The molecule has 0 aliphatic carbocycles. The van der Waals surface area contributed by atoms with Gasteiger partial charge in [0.2, 0.25) is 0 Å². The molecule has 0 bridgehead atoms. The number of ether oxygens (including phenoxy) is 2. The summed E-state index contributed by atoms with van der Waals surface area (Å²) in [6.45, 7) is 0.414. The maximum atomic E-state index is 8.71. The molecule has 2 rings (SSSR count). The minimum atomic E-state index is 0.0115. The number of hydrogen-bond donors (Lipinski definition) is 2. The normalized spacial score (nSPS) is 11.2. The van der Waals surface area contributed by atoms with Crippen molar-refractivity contribution in [2.75, 3.05) is 7.11 Å². The number of methoxy groups -OCH3 is 1. The van der Waals surface area contributed by atoms with Gasteiger partial charge >= 0.3 is 0 Å². The fourth-order valence-corrected chi connectivity index (χ4v) is 1.77. The molecule has 20 heavy (non-hydrogen) atoms. The van der Waals surface area contributed by atoms with Crippen LogP contribution in [-0.2, 0) is 6.61 Å². The van der Waals surface area contributed by atoms with E-state index in [9.17, 15) is 0 Å². The minimum Gasteiger partial charge on any atom is -0.496 e. The summed E-state index contributed by atoms with van der Waals surface area (Å²) in [7, 11) is 1.53. The predicted octanol–water partition coefficient (Wildman–Crippen LogP) is 2.37. The molecule has 2 aromatic rings. The van der Waals surface area contributed by atoms with Gasteiger partial charge in [0.1, 0.15) is 18.1 Å². The molecule has 3 N–H and O–H groups in total. The van der Waals surface area contributed by atoms with Gasteiger partial charge in [0, 0.05) is 0 Å². The van der Waals surface area contributed by atoms with E-state index >= 15 is 0 Å². The van der Waals surface area contributed by atoms with Gasteiger partial charge in [-0.05, 0) is 29.8 Å². The van der Waals surface area contributed by atoms with Crippen LogP contribution in [0.4, 0.5) is 0 Å². The van der Waals surface area contributed by atoms with Gasteiger partial charge in [-0.3, -0.25) is 0 Å². The quantitative estimate of drug-likeness (QED) is 0.379. The number of para-hydroxylation sites is 1. The topological polar surface area (TPSA) is 77.1 Å². The molecule has 5 nitrogen and oxygen atoms in total. The van der Waals surface area contributed by atoms with Crippen LogP contribution in [0.3, 0.4) is 0 Å². The van der Waals surface area contributed by atoms with E-state index in [2.05, 4.69) is 5.16 Å². The van der Waals surface area contributed by atoms with Gasteiger partial charge < -0.3 is 20.4 Å². The third kappa shape index (κ3) is 3.20.